The molecule has 0 spiro atoms. The third-order valence-electron chi connectivity index (χ3n) is 3.12. The van der Waals surface area contributed by atoms with Crippen molar-refractivity contribution < 1.29 is 27.8 Å². The number of ether oxygens (including phenoxy) is 1. The number of amides is 1. The molecule has 1 amide bonds. The van der Waals surface area contributed by atoms with E-state index in [9.17, 15) is 18.0 Å². The standard InChI is InChI=1S/C12H14F3N3O3/c13-12(14,15)21-8-1-2-10(9(16)7-8)17-3-5-18(6-4-17)11(19)20/h1-2,7H,3-6,16H2,(H,19,20). The van der Waals surface area contributed by atoms with Gasteiger partial charge in [0.2, 0.25) is 0 Å². The molecule has 21 heavy (non-hydrogen) atoms. The number of nitrogens with two attached hydrogens (primary N) is 1. The highest BCUT2D eigenvalue weighted by Crippen LogP contribution is 2.31. The van der Waals surface area contributed by atoms with Gasteiger partial charge in [-0.1, -0.05) is 0 Å². The second kappa shape index (κ2) is 5.58. The topological polar surface area (TPSA) is 79.0 Å². The van der Waals surface area contributed by atoms with Gasteiger partial charge < -0.3 is 25.4 Å². The van der Waals surface area contributed by atoms with E-state index in [0.29, 0.717) is 31.9 Å². The molecule has 0 radical (unpaired) electrons. The quantitative estimate of drug-likeness (QED) is 0.817. The molecule has 6 nitrogen and oxygen atoms in total. The summed E-state index contributed by atoms with van der Waals surface area (Å²) < 4.78 is 40.1. The Bertz CT molecular complexity index is 528. The molecular formula is C12H14F3N3O3. The van der Waals surface area contributed by atoms with Crippen LogP contribution in [0.25, 0.3) is 0 Å². The molecule has 0 atom stereocenters. The molecule has 0 saturated carbocycles. The van der Waals surface area contributed by atoms with E-state index >= 15 is 0 Å². The number of carboxylic acid groups (broad SMARTS) is 1. The lowest BCUT2D eigenvalue weighted by Gasteiger charge is -2.35. The average molecular weight is 305 g/mol. The molecule has 0 bridgehead atoms. The lowest BCUT2D eigenvalue weighted by molar-refractivity contribution is -0.274. The zero-order chi connectivity index (χ0) is 15.6. The second-order valence-corrected chi connectivity index (χ2v) is 4.53. The Morgan fingerprint density at radius 3 is 2.33 bits per heavy atom. The van der Waals surface area contributed by atoms with Gasteiger partial charge in [0, 0.05) is 32.2 Å². The van der Waals surface area contributed by atoms with Crippen LogP contribution >= 0.6 is 0 Å². The number of rotatable bonds is 2. The lowest BCUT2D eigenvalue weighted by Crippen LogP contribution is -2.48. The maximum Gasteiger partial charge on any atom is 0.573 e. The number of piperazine rings is 1. The van der Waals surface area contributed by atoms with Crippen LogP contribution in [0, 0.1) is 0 Å². The smallest absolute Gasteiger partial charge is 0.465 e. The molecule has 1 saturated heterocycles. The number of anilines is 2. The van der Waals surface area contributed by atoms with Crippen molar-refractivity contribution in [3.8, 4) is 5.75 Å². The monoisotopic (exact) mass is 305 g/mol. The maximum atomic E-state index is 12.1. The Balaban J connectivity index is 2.06. The van der Waals surface area contributed by atoms with Crippen molar-refractivity contribution in [3.05, 3.63) is 18.2 Å². The molecular weight excluding hydrogens is 291 g/mol. The summed E-state index contributed by atoms with van der Waals surface area (Å²) in [6.07, 6.45) is -5.75. The van der Waals surface area contributed by atoms with Crippen molar-refractivity contribution in [1.29, 1.82) is 0 Å². The Labute approximate surface area is 118 Å². The van der Waals surface area contributed by atoms with Crippen LogP contribution in [0.15, 0.2) is 18.2 Å². The minimum atomic E-state index is -4.76. The van der Waals surface area contributed by atoms with Gasteiger partial charge in [0.25, 0.3) is 0 Å². The van der Waals surface area contributed by atoms with Gasteiger partial charge in [0.15, 0.2) is 0 Å². The van der Waals surface area contributed by atoms with Gasteiger partial charge in [-0.3, -0.25) is 0 Å². The summed E-state index contributed by atoms with van der Waals surface area (Å²) in [4.78, 5) is 13.9. The number of nitrogens with zero attached hydrogens (tertiary/aromatic N) is 2. The van der Waals surface area contributed by atoms with Gasteiger partial charge >= 0.3 is 12.5 Å². The van der Waals surface area contributed by atoms with Crippen LogP contribution in [-0.4, -0.2) is 48.6 Å². The van der Waals surface area contributed by atoms with Crippen molar-refractivity contribution in [2.24, 2.45) is 0 Å². The van der Waals surface area contributed by atoms with Crippen molar-refractivity contribution >= 4 is 17.5 Å². The van der Waals surface area contributed by atoms with Gasteiger partial charge in [-0.25, -0.2) is 4.79 Å². The zero-order valence-corrected chi connectivity index (χ0v) is 10.9. The Morgan fingerprint density at radius 2 is 1.86 bits per heavy atom. The summed E-state index contributed by atoms with van der Waals surface area (Å²) >= 11 is 0. The molecule has 1 aliphatic rings. The highest BCUT2D eigenvalue weighted by molar-refractivity contribution is 5.70. The second-order valence-electron chi connectivity index (χ2n) is 4.53. The highest BCUT2D eigenvalue weighted by Gasteiger charge is 2.31. The summed E-state index contributed by atoms with van der Waals surface area (Å²) in [5, 5.41) is 8.85. The van der Waals surface area contributed by atoms with E-state index in [1.165, 1.54) is 17.0 Å². The van der Waals surface area contributed by atoms with E-state index in [4.69, 9.17) is 10.8 Å². The largest absolute Gasteiger partial charge is 0.573 e. The summed E-state index contributed by atoms with van der Waals surface area (Å²) in [5.74, 6) is -0.382. The van der Waals surface area contributed by atoms with E-state index < -0.39 is 12.5 Å². The number of nitrogen functional groups attached to an aromatic ring is 1. The van der Waals surface area contributed by atoms with Crippen molar-refractivity contribution in [2.45, 2.75) is 6.36 Å². The van der Waals surface area contributed by atoms with Crippen LogP contribution in [0.4, 0.5) is 29.3 Å². The average Bonchev–Trinajstić information content (AvgIpc) is 2.37. The fourth-order valence-corrected chi connectivity index (χ4v) is 2.16. The number of halogens is 3. The van der Waals surface area contributed by atoms with Crippen LogP contribution in [-0.2, 0) is 0 Å². The van der Waals surface area contributed by atoms with Gasteiger partial charge in [-0.05, 0) is 12.1 Å². The Hall–Kier alpha value is -2.32. The molecule has 0 aliphatic carbocycles. The predicted molar refractivity (Wildman–Crippen MR) is 69.3 cm³/mol. The first kappa shape index (κ1) is 15.1. The van der Waals surface area contributed by atoms with E-state index in [1.807, 2.05) is 4.90 Å². The summed E-state index contributed by atoms with van der Waals surface area (Å²) in [6.45, 7) is 1.48. The molecule has 1 aromatic rings. The van der Waals surface area contributed by atoms with Crippen LogP contribution in [0.3, 0.4) is 0 Å². The molecule has 3 N–H and O–H groups in total. The van der Waals surface area contributed by atoms with Crippen molar-refractivity contribution in [3.63, 3.8) is 0 Å². The fraction of sp³-hybridized carbons (Fsp3) is 0.417. The van der Waals surface area contributed by atoms with Gasteiger partial charge in [0.1, 0.15) is 5.75 Å². The van der Waals surface area contributed by atoms with Crippen LogP contribution in [0.1, 0.15) is 0 Å². The van der Waals surface area contributed by atoms with E-state index in [-0.39, 0.29) is 11.4 Å². The highest BCUT2D eigenvalue weighted by atomic mass is 19.4. The summed E-state index contributed by atoms with van der Waals surface area (Å²) in [6, 6.07) is 3.72. The molecule has 1 aromatic carbocycles. The van der Waals surface area contributed by atoms with Gasteiger partial charge in [-0.2, -0.15) is 0 Å². The van der Waals surface area contributed by atoms with Crippen LogP contribution in [0.2, 0.25) is 0 Å². The molecule has 1 fully saturated rings. The minimum absolute atomic E-state index is 0.153. The molecule has 1 aliphatic heterocycles. The first-order valence-electron chi connectivity index (χ1n) is 6.14. The number of alkyl halides is 3. The molecule has 2 rings (SSSR count). The molecule has 0 aromatic heterocycles. The van der Waals surface area contributed by atoms with E-state index in [0.717, 1.165) is 6.07 Å². The van der Waals surface area contributed by atoms with Gasteiger partial charge in [-0.15, -0.1) is 13.2 Å². The molecule has 0 unspecified atom stereocenters. The van der Waals surface area contributed by atoms with Gasteiger partial charge in [0.05, 0.1) is 11.4 Å². The molecule has 116 valence electrons. The van der Waals surface area contributed by atoms with Crippen LogP contribution < -0.4 is 15.4 Å². The SMILES string of the molecule is Nc1cc(OC(F)(F)F)ccc1N1CCN(C(=O)O)CC1. The first-order chi connectivity index (χ1) is 9.76. The van der Waals surface area contributed by atoms with Crippen molar-refractivity contribution in [2.75, 3.05) is 36.8 Å². The lowest BCUT2D eigenvalue weighted by atomic mass is 10.2. The van der Waals surface area contributed by atoms with Crippen LogP contribution in [0.5, 0.6) is 5.75 Å². The normalized spacial score (nSPS) is 16.0. The predicted octanol–water partition coefficient (Wildman–Crippen LogP) is 1.97. The fourth-order valence-electron chi connectivity index (χ4n) is 2.16. The minimum Gasteiger partial charge on any atom is -0.465 e. The number of hydrogen-bond donors (Lipinski definition) is 2. The number of carbonyl (C=O) groups is 1. The number of hydrogen-bond acceptors (Lipinski definition) is 4. The first-order valence-corrected chi connectivity index (χ1v) is 6.14. The zero-order valence-electron chi connectivity index (χ0n) is 10.9. The third kappa shape index (κ3) is 3.83. The Morgan fingerprint density at radius 1 is 1.24 bits per heavy atom. The molecule has 1 heterocycles. The number of benzene rings is 1. The van der Waals surface area contributed by atoms with Crippen molar-refractivity contribution in [1.82, 2.24) is 4.90 Å². The summed E-state index contributed by atoms with van der Waals surface area (Å²) in [5.41, 5.74) is 6.46. The van der Waals surface area contributed by atoms with E-state index in [1.54, 1.807) is 0 Å². The Kier molecular flexibility index (Phi) is 4.01. The third-order valence-corrected chi connectivity index (χ3v) is 3.12. The van der Waals surface area contributed by atoms with E-state index in [2.05, 4.69) is 4.74 Å². The maximum absolute atomic E-state index is 12.1. The molecule has 9 heteroatoms. The summed E-state index contributed by atoms with van der Waals surface area (Å²) in [7, 11) is 0.